The van der Waals surface area contributed by atoms with Crippen molar-refractivity contribution in [2.24, 2.45) is 0 Å². The molecule has 0 radical (unpaired) electrons. The second kappa shape index (κ2) is 6.25. The highest BCUT2D eigenvalue weighted by Gasteiger charge is 2.38. The van der Waals surface area contributed by atoms with Crippen LogP contribution in [0, 0.1) is 17.0 Å². The van der Waals surface area contributed by atoms with Crippen LogP contribution in [0.3, 0.4) is 0 Å². The Hall–Kier alpha value is -2.39. The van der Waals surface area contributed by atoms with Crippen LogP contribution in [-0.4, -0.2) is 28.1 Å². The Labute approximate surface area is 145 Å². The molecule has 7 nitrogen and oxygen atoms in total. The third-order valence-corrected chi connectivity index (χ3v) is 5.78. The van der Waals surface area contributed by atoms with Crippen LogP contribution in [0.5, 0.6) is 0 Å². The Balaban J connectivity index is 1.88. The van der Waals surface area contributed by atoms with Crippen molar-refractivity contribution >= 4 is 46.5 Å². The molecule has 2 aromatic rings. The summed E-state index contributed by atoms with van der Waals surface area (Å²) < 4.78 is 2.36. The van der Waals surface area contributed by atoms with E-state index in [1.165, 1.54) is 45.8 Å². The molecule has 2 amide bonds. The number of aryl methyl sites for hydroxylation is 1. The van der Waals surface area contributed by atoms with Crippen molar-refractivity contribution < 1.29 is 14.5 Å². The molecule has 0 saturated carbocycles. The molecule has 1 unspecified atom stereocenters. The molecule has 24 heavy (non-hydrogen) atoms. The number of hydrogen-bond donors (Lipinski definition) is 1. The highest BCUT2D eigenvalue weighted by Crippen LogP contribution is 2.41. The van der Waals surface area contributed by atoms with Gasteiger partial charge in [0.15, 0.2) is 0 Å². The van der Waals surface area contributed by atoms with Crippen molar-refractivity contribution in [3.05, 3.63) is 50.9 Å². The molecule has 2 heterocycles. The molecule has 0 fully saturated rings. The number of benzene rings is 1. The van der Waals surface area contributed by atoms with Gasteiger partial charge in [-0.15, -0.1) is 11.3 Å². The molecule has 1 atom stereocenters. The number of nitro groups is 1. The van der Waals surface area contributed by atoms with Crippen LogP contribution < -0.4 is 5.32 Å². The Morgan fingerprint density at radius 1 is 1.38 bits per heavy atom. The Morgan fingerprint density at radius 2 is 2.12 bits per heavy atom. The van der Waals surface area contributed by atoms with E-state index in [0.717, 1.165) is 4.21 Å². The summed E-state index contributed by atoms with van der Waals surface area (Å²) in [4.78, 5) is 35.4. The largest absolute Gasteiger partial charge is 0.325 e. The zero-order valence-corrected chi connectivity index (χ0v) is 14.4. The summed E-state index contributed by atoms with van der Waals surface area (Å²) in [5.74, 6) is -1.64. The fraction of sp³-hybridized carbons (Fsp3) is 0.200. The number of carbonyl (C=O) groups excluding carboxylic acids is 2. The van der Waals surface area contributed by atoms with Gasteiger partial charge in [0.05, 0.1) is 9.13 Å². The monoisotopic (exact) mass is 363 g/mol. The minimum absolute atomic E-state index is 0.0458. The lowest BCUT2D eigenvalue weighted by atomic mass is 9.99. The maximum atomic E-state index is 12.7. The number of amides is 2. The first kappa shape index (κ1) is 16.5. The first-order valence-electron chi connectivity index (χ1n) is 6.97. The maximum absolute atomic E-state index is 12.7. The van der Waals surface area contributed by atoms with E-state index < -0.39 is 16.7 Å². The molecule has 9 heteroatoms. The van der Waals surface area contributed by atoms with Crippen molar-refractivity contribution in [1.29, 1.82) is 0 Å². The van der Waals surface area contributed by atoms with Crippen molar-refractivity contribution in [3.8, 4) is 0 Å². The molecule has 0 saturated heterocycles. The van der Waals surface area contributed by atoms with E-state index in [-0.39, 0.29) is 11.6 Å². The number of non-ortho nitro benzene ring substituents is 1. The number of nitrogens with one attached hydrogen (secondary N) is 1. The lowest BCUT2D eigenvalue weighted by molar-refractivity contribution is -0.384. The molecule has 1 aliphatic heterocycles. The lowest BCUT2D eigenvalue weighted by Crippen LogP contribution is -2.37. The lowest BCUT2D eigenvalue weighted by Gasteiger charge is -2.27. The van der Waals surface area contributed by atoms with E-state index >= 15 is 0 Å². The van der Waals surface area contributed by atoms with Crippen molar-refractivity contribution in [2.45, 2.75) is 17.1 Å². The number of carbonyl (C=O) groups is 2. The number of thiophene rings is 1. The van der Waals surface area contributed by atoms with E-state index in [1.807, 2.05) is 5.38 Å². The molecule has 124 valence electrons. The third-order valence-electron chi connectivity index (χ3n) is 3.69. The van der Waals surface area contributed by atoms with Crippen LogP contribution >= 0.6 is 23.3 Å². The topological polar surface area (TPSA) is 92.5 Å². The number of nitro benzene ring substituents is 1. The fourth-order valence-corrected chi connectivity index (χ4v) is 4.51. The number of likely N-dealkylation sites (N-methyl/N-ethyl adjacent to an activating group) is 1. The highest BCUT2D eigenvalue weighted by atomic mass is 32.2. The number of nitrogens with zero attached hydrogens (tertiary/aromatic N) is 2. The van der Waals surface area contributed by atoms with Crippen LogP contribution in [0.4, 0.5) is 11.4 Å². The summed E-state index contributed by atoms with van der Waals surface area (Å²) in [6.07, 6.45) is 0. The second-order valence-electron chi connectivity index (χ2n) is 5.27. The normalized spacial score (nSPS) is 16.7. The minimum atomic E-state index is -0.910. The highest BCUT2D eigenvalue weighted by molar-refractivity contribution is 7.99. The molecular formula is C15H13N3O4S2. The predicted molar refractivity (Wildman–Crippen MR) is 92.2 cm³/mol. The molecule has 1 aliphatic rings. The number of hydrogen-bond acceptors (Lipinski definition) is 6. The van der Waals surface area contributed by atoms with Crippen LogP contribution in [0.1, 0.15) is 17.0 Å². The smallest absolute Gasteiger partial charge is 0.269 e. The van der Waals surface area contributed by atoms with Crippen molar-refractivity contribution in [1.82, 2.24) is 4.31 Å². The van der Waals surface area contributed by atoms with Crippen LogP contribution in [0.15, 0.2) is 33.9 Å². The van der Waals surface area contributed by atoms with Gasteiger partial charge < -0.3 is 5.32 Å². The number of fused-ring (bicyclic) bond motifs is 1. The Kier molecular flexibility index (Phi) is 4.29. The summed E-state index contributed by atoms with van der Waals surface area (Å²) >= 11 is 2.79. The van der Waals surface area contributed by atoms with Gasteiger partial charge in [-0.1, -0.05) is 0 Å². The SMILES string of the molecule is Cc1cc([N+](=O)[O-])ccc1NC(=O)C1C(=O)N(C)Sc2sccc21. The van der Waals surface area contributed by atoms with E-state index in [0.29, 0.717) is 16.8 Å². The maximum Gasteiger partial charge on any atom is 0.269 e. The average molecular weight is 363 g/mol. The van der Waals surface area contributed by atoms with E-state index in [1.54, 1.807) is 20.0 Å². The van der Waals surface area contributed by atoms with Gasteiger partial charge in [0.1, 0.15) is 5.92 Å². The van der Waals surface area contributed by atoms with Gasteiger partial charge in [0.2, 0.25) is 11.8 Å². The molecule has 1 aromatic carbocycles. The third kappa shape index (κ3) is 2.87. The molecule has 0 spiro atoms. The van der Waals surface area contributed by atoms with Gasteiger partial charge in [-0.3, -0.25) is 24.0 Å². The summed E-state index contributed by atoms with van der Waals surface area (Å²) in [5, 5.41) is 15.4. The zero-order valence-electron chi connectivity index (χ0n) is 12.8. The summed E-state index contributed by atoms with van der Waals surface area (Å²) in [6.45, 7) is 1.67. The molecule has 1 aromatic heterocycles. The first-order valence-corrected chi connectivity index (χ1v) is 8.62. The van der Waals surface area contributed by atoms with Crippen molar-refractivity contribution in [2.75, 3.05) is 12.4 Å². The summed E-state index contributed by atoms with van der Waals surface area (Å²) in [6, 6.07) is 5.97. The number of rotatable bonds is 3. The van der Waals surface area contributed by atoms with Gasteiger partial charge in [-0.2, -0.15) is 0 Å². The molecule has 0 bridgehead atoms. The van der Waals surface area contributed by atoms with Gasteiger partial charge in [-0.05, 0) is 30.0 Å². The first-order chi connectivity index (χ1) is 11.4. The second-order valence-corrected chi connectivity index (χ2v) is 7.58. The van der Waals surface area contributed by atoms with Crippen LogP contribution in [-0.2, 0) is 9.59 Å². The van der Waals surface area contributed by atoms with E-state index in [9.17, 15) is 19.7 Å². The van der Waals surface area contributed by atoms with Gasteiger partial charge >= 0.3 is 0 Å². The van der Waals surface area contributed by atoms with Gasteiger partial charge in [0.25, 0.3) is 5.69 Å². The molecule has 3 rings (SSSR count). The van der Waals surface area contributed by atoms with Gasteiger partial charge in [0, 0.05) is 42.4 Å². The van der Waals surface area contributed by atoms with Crippen molar-refractivity contribution in [3.63, 3.8) is 0 Å². The van der Waals surface area contributed by atoms with E-state index in [2.05, 4.69) is 5.32 Å². The van der Waals surface area contributed by atoms with Crippen LogP contribution in [0.2, 0.25) is 0 Å². The Bertz CT molecular complexity index is 849. The van der Waals surface area contributed by atoms with Crippen LogP contribution in [0.25, 0.3) is 0 Å². The van der Waals surface area contributed by atoms with Gasteiger partial charge in [-0.25, -0.2) is 0 Å². The average Bonchev–Trinajstić information content (AvgIpc) is 2.97. The quantitative estimate of drug-likeness (QED) is 0.391. The number of anilines is 1. The molecule has 0 aliphatic carbocycles. The molecule has 1 N–H and O–H groups in total. The summed E-state index contributed by atoms with van der Waals surface area (Å²) in [5.41, 5.74) is 1.67. The summed E-state index contributed by atoms with van der Waals surface area (Å²) in [7, 11) is 1.63. The zero-order chi connectivity index (χ0) is 17.4. The minimum Gasteiger partial charge on any atom is -0.325 e. The molecular weight excluding hydrogens is 350 g/mol. The predicted octanol–water partition coefficient (Wildman–Crippen LogP) is 3.17. The fourth-order valence-electron chi connectivity index (χ4n) is 2.44. The Morgan fingerprint density at radius 3 is 2.79 bits per heavy atom. The van der Waals surface area contributed by atoms with E-state index in [4.69, 9.17) is 0 Å². The standard InChI is InChI=1S/C15H13N3O4S2/c1-8-7-9(18(21)22)3-4-11(8)16-13(19)12-10-5-6-23-15(10)24-17(2)14(12)20/h3-7,12H,1-2H3,(H,16,19).